The third kappa shape index (κ3) is 4.59. The van der Waals surface area contributed by atoms with Crippen molar-refractivity contribution in [2.75, 3.05) is 13.2 Å². The quantitative estimate of drug-likeness (QED) is 0.786. The highest BCUT2D eigenvalue weighted by Gasteiger charge is 2.03. The standard InChI is InChI=1S/C14H16N2O/c1-3-4-10-16-12(2)13-5-7-14(8-6-13)17-11-9-15/h5-8,12,16H,10-11H2,1-2H3. The van der Waals surface area contributed by atoms with Crippen molar-refractivity contribution in [1.82, 2.24) is 5.32 Å². The molecule has 0 aliphatic heterocycles. The van der Waals surface area contributed by atoms with E-state index in [1.165, 1.54) is 5.56 Å². The van der Waals surface area contributed by atoms with Crippen LogP contribution in [0.4, 0.5) is 0 Å². The molecule has 0 saturated carbocycles. The van der Waals surface area contributed by atoms with Crippen LogP contribution in [0.3, 0.4) is 0 Å². The summed E-state index contributed by atoms with van der Waals surface area (Å²) >= 11 is 0. The first-order chi connectivity index (χ1) is 8.27. The van der Waals surface area contributed by atoms with Gasteiger partial charge < -0.3 is 4.74 Å². The Labute approximate surface area is 102 Å². The number of ether oxygens (including phenoxy) is 1. The summed E-state index contributed by atoms with van der Waals surface area (Å²) in [6.45, 7) is 4.68. The normalized spacial score (nSPS) is 10.9. The van der Waals surface area contributed by atoms with Gasteiger partial charge >= 0.3 is 0 Å². The largest absolute Gasteiger partial charge is 0.479 e. The third-order valence-corrected chi connectivity index (χ3v) is 2.36. The first-order valence-electron chi connectivity index (χ1n) is 5.50. The SMILES string of the molecule is CC#CCNC(C)c1ccc(OCC#N)cc1. The lowest BCUT2D eigenvalue weighted by atomic mass is 10.1. The van der Waals surface area contributed by atoms with Crippen molar-refractivity contribution in [2.45, 2.75) is 19.9 Å². The van der Waals surface area contributed by atoms with Crippen molar-refractivity contribution < 1.29 is 4.74 Å². The predicted molar refractivity (Wildman–Crippen MR) is 67.4 cm³/mol. The Kier molecular flexibility index (Phi) is 5.64. The van der Waals surface area contributed by atoms with Gasteiger partial charge in [-0.3, -0.25) is 5.32 Å². The number of nitrogens with zero attached hydrogens (tertiary/aromatic N) is 1. The third-order valence-electron chi connectivity index (χ3n) is 2.36. The summed E-state index contributed by atoms with van der Waals surface area (Å²) in [5, 5.41) is 11.7. The fraction of sp³-hybridized carbons (Fsp3) is 0.357. The van der Waals surface area contributed by atoms with Gasteiger partial charge in [-0.05, 0) is 31.5 Å². The molecule has 1 atom stereocenters. The van der Waals surface area contributed by atoms with E-state index in [0.29, 0.717) is 6.54 Å². The number of hydrogen-bond acceptors (Lipinski definition) is 3. The summed E-state index contributed by atoms with van der Waals surface area (Å²) in [7, 11) is 0. The van der Waals surface area contributed by atoms with E-state index in [-0.39, 0.29) is 12.6 Å². The molecular weight excluding hydrogens is 212 g/mol. The van der Waals surface area contributed by atoms with E-state index < -0.39 is 0 Å². The Hall–Kier alpha value is -1.97. The molecule has 17 heavy (non-hydrogen) atoms. The summed E-state index contributed by atoms with van der Waals surface area (Å²) in [4.78, 5) is 0. The van der Waals surface area contributed by atoms with Gasteiger partial charge in [0.1, 0.15) is 11.8 Å². The zero-order valence-corrected chi connectivity index (χ0v) is 10.2. The second-order valence-corrected chi connectivity index (χ2v) is 3.55. The van der Waals surface area contributed by atoms with Crippen LogP contribution < -0.4 is 10.1 Å². The maximum absolute atomic E-state index is 8.39. The van der Waals surface area contributed by atoms with Crippen LogP contribution in [0.25, 0.3) is 0 Å². The van der Waals surface area contributed by atoms with Crippen LogP contribution in [0.1, 0.15) is 25.5 Å². The van der Waals surface area contributed by atoms with Crippen LogP contribution in [0.2, 0.25) is 0 Å². The lowest BCUT2D eigenvalue weighted by Gasteiger charge is -2.12. The predicted octanol–water partition coefficient (Wildman–Crippen LogP) is 2.26. The van der Waals surface area contributed by atoms with Gasteiger partial charge in [0, 0.05) is 6.04 Å². The van der Waals surface area contributed by atoms with Crippen molar-refractivity contribution in [2.24, 2.45) is 0 Å². The molecular formula is C14H16N2O. The van der Waals surface area contributed by atoms with Gasteiger partial charge in [0.2, 0.25) is 0 Å². The summed E-state index contributed by atoms with van der Waals surface area (Å²) < 4.78 is 5.18. The van der Waals surface area contributed by atoms with E-state index in [4.69, 9.17) is 10.00 Å². The van der Waals surface area contributed by atoms with Gasteiger partial charge in [0.25, 0.3) is 0 Å². The molecule has 0 aliphatic carbocycles. The molecule has 3 heteroatoms. The van der Waals surface area contributed by atoms with Crippen LogP contribution >= 0.6 is 0 Å². The van der Waals surface area contributed by atoms with Crippen LogP contribution in [0.15, 0.2) is 24.3 Å². The summed E-state index contributed by atoms with van der Waals surface area (Å²) in [6.07, 6.45) is 0. The Balaban J connectivity index is 2.53. The zero-order chi connectivity index (χ0) is 12.5. The molecule has 0 radical (unpaired) electrons. The Morgan fingerprint density at radius 3 is 2.65 bits per heavy atom. The lowest BCUT2D eigenvalue weighted by molar-refractivity contribution is 0.368. The van der Waals surface area contributed by atoms with Crippen molar-refractivity contribution in [3.05, 3.63) is 29.8 Å². The highest BCUT2D eigenvalue weighted by Crippen LogP contribution is 2.17. The fourth-order valence-electron chi connectivity index (χ4n) is 1.38. The molecule has 0 fully saturated rings. The smallest absolute Gasteiger partial charge is 0.174 e. The average Bonchev–Trinajstić information content (AvgIpc) is 2.37. The van der Waals surface area contributed by atoms with E-state index in [1.54, 1.807) is 0 Å². The van der Waals surface area contributed by atoms with Gasteiger partial charge in [-0.25, -0.2) is 0 Å². The van der Waals surface area contributed by atoms with Crippen LogP contribution in [0, 0.1) is 23.2 Å². The van der Waals surface area contributed by atoms with Crippen LogP contribution in [-0.4, -0.2) is 13.2 Å². The van der Waals surface area contributed by atoms with Crippen molar-refractivity contribution in [3.63, 3.8) is 0 Å². The summed E-state index contributed by atoms with van der Waals surface area (Å²) in [6, 6.07) is 9.91. The molecule has 3 nitrogen and oxygen atoms in total. The second-order valence-electron chi connectivity index (χ2n) is 3.55. The van der Waals surface area contributed by atoms with Crippen molar-refractivity contribution in [3.8, 4) is 23.7 Å². The molecule has 0 heterocycles. The minimum absolute atomic E-state index is 0.0826. The molecule has 1 unspecified atom stereocenters. The topological polar surface area (TPSA) is 45.0 Å². The van der Waals surface area contributed by atoms with Gasteiger partial charge in [-0.1, -0.05) is 18.1 Å². The maximum atomic E-state index is 8.39. The maximum Gasteiger partial charge on any atom is 0.174 e. The summed E-state index contributed by atoms with van der Waals surface area (Å²) in [5.74, 6) is 6.53. The Morgan fingerprint density at radius 1 is 1.35 bits per heavy atom. The molecule has 88 valence electrons. The minimum Gasteiger partial charge on any atom is -0.479 e. The van der Waals surface area contributed by atoms with E-state index in [0.717, 1.165) is 5.75 Å². The van der Waals surface area contributed by atoms with Crippen molar-refractivity contribution in [1.29, 1.82) is 5.26 Å². The first-order valence-corrected chi connectivity index (χ1v) is 5.50. The molecule has 0 aliphatic rings. The highest BCUT2D eigenvalue weighted by atomic mass is 16.5. The van der Waals surface area contributed by atoms with Gasteiger partial charge in [0.05, 0.1) is 6.54 Å². The molecule has 1 aromatic carbocycles. The van der Waals surface area contributed by atoms with E-state index in [2.05, 4.69) is 24.1 Å². The number of nitriles is 1. The molecule has 1 aromatic rings. The van der Waals surface area contributed by atoms with E-state index >= 15 is 0 Å². The molecule has 0 aromatic heterocycles. The molecule has 0 spiro atoms. The van der Waals surface area contributed by atoms with Gasteiger partial charge in [-0.2, -0.15) is 5.26 Å². The minimum atomic E-state index is 0.0826. The average molecular weight is 228 g/mol. The highest BCUT2D eigenvalue weighted by molar-refractivity contribution is 5.29. The molecule has 1 N–H and O–H groups in total. The van der Waals surface area contributed by atoms with Crippen LogP contribution in [0.5, 0.6) is 5.75 Å². The number of hydrogen-bond donors (Lipinski definition) is 1. The molecule has 0 bridgehead atoms. The van der Waals surface area contributed by atoms with Crippen LogP contribution in [-0.2, 0) is 0 Å². The fourth-order valence-corrected chi connectivity index (χ4v) is 1.38. The Morgan fingerprint density at radius 2 is 2.06 bits per heavy atom. The lowest BCUT2D eigenvalue weighted by Crippen LogP contribution is -2.18. The van der Waals surface area contributed by atoms with Gasteiger partial charge in [0.15, 0.2) is 6.61 Å². The molecule has 0 saturated heterocycles. The monoisotopic (exact) mass is 228 g/mol. The van der Waals surface area contributed by atoms with Gasteiger partial charge in [-0.15, -0.1) is 5.92 Å². The number of rotatable bonds is 5. The van der Waals surface area contributed by atoms with Crippen molar-refractivity contribution >= 4 is 0 Å². The number of nitrogens with one attached hydrogen (secondary N) is 1. The summed E-state index contributed by atoms with van der Waals surface area (Å²) in [5.41, 5.74) is 1.17. The Bertz CT molecular complexity index is 434. The zero-order valence-electron chi connectivity index (χ0n) is 10.2. The van der Waals surface area contributed by atoms with E-state index in [9.17, 15) is 0 Å². The molecule has 1 rings (SSSR count). The van der Waals surface area contributed by atoms with E-state index in [1.807, 2.05) is 37.3 Å². The molecule has 0 amide bonds. The second kappa shape index (κ2) is 7.33. The first kappa shape index (κ1) is 13.1. The number of benzene rings is 1.